The molecule has 0 fully saturated rings. The summed E-state index contributed by atoms with van der Waals surface area (Å²) in [6.07, 6.45) is 0. The lowest BCUT2D eigenvalue weighted by Crippen LogP contribution is -2.27. The maximum Gasteiger partial charge on any atom is 0.356 e. The predicted molar refractivity (Wildman–Crippen MR) is 81.9 cm³/mol. The molecule has 1 aromatic heterocycles. The Kier molecular flexibility index (Phi) is 4.77. The minimum Gasteiger partial charge on any atom is -0.476 e. The number of thiazole rings is 1. The number of hydrogen-bond donors (Lipinski definition) is 1. The van der Waals surface area contributed by atoms with Gasteiger partial charge in [0.15, 0.2) is 9.90 Å². The quantitative estimate of drug-likeness (QED) is 0.846. The van der Waals surface area contributed by atoms with Crippen LogP contribution in [-0.4, -0.2) is 35.8 Å². The van der Waals surface area contributed by atoms with E-state index in [0.717, 1.165) is 25.7 Å². The van der Waals surface area contributed by atoms with Gasteiger partial charge in [-0.15, -0.1) is 11.3 Å². The summed E-state index contributed by atoms with van der Waals surface area (Å²) >= 11 is 4.15. The van der Waals surface area contributed by atoms with E-state index in [1.54, 1.807) is 12.1 Å². The average molecular weight is 391 g/mol. The molecule has 1 aromatic carbocycles. The summed E-state index contributed by atoms with van der Waals surface area (Å²) in [5, 5.41) is 8.99. The summed E-state index contributed by atoms with van der Waals surface area (Å²) in [6.45, 7) is 0.126. The lowest BCUT2D eigenvalue weighted by Gasteiger charge is -2.17. The number of aromatic nitrogens is 1. The number of nitrogens with zero attached hydrogens (tertiary/aromatic N) is 2. The lowest BCUT2D eigenvalue weighted by molar-refractivity contribution is 0.0687. The number of carboxylic acid groups (broad SMARTS) is 1. The van der Waals surface area contributed by atoms with Crippen molar-refractivity contribution in [1.29, 1.82) is 0 Å². The molecule has 2 rings (SSSR count). The fraction of sp³-hybridized carbons (Fsp3) is 0.167. The van der Waals surface area contributed by atoms with Crippen molar-refractivity contribution < 1.29 is 18.3 Å². The minimum atomic E-state index is -3.90. The minimum absolute atomic E-state index is 0.126. The summed E-state index contributed by atoms with van der Waals surface area (Å²) in [4.78, 5) is 14.6. The molecule has 21 heavy (non-hydrogen) atoms. The van der Waals surface area contributed by atoms with Gasteiger partial charge in [0, 0.05) is 18.1 Å². The summed E-state index contributed by atoms with van der Waals surface area (Å²) in [5.74, 6) is -1.36. The summed E-state index contributed by atoms with van der Waals surface area (Å²) < 4.78 is 26.5. The Hall–Kier alpha value is -1.29. The van der Waals surface area contributed by atoms with Gasteiger partial charge < -0.3 is 5.11 Å². The highest BCUT2D eigenvalue weighted by Gasteiger charge is 2.29. The zero-order valence-electron chi connectivity index (χ0n) is 10.9. The number of aromatic carboxylic acids is 1. The molecule has 9 heteroatoms. The van der Waals surface area contributed by atoms with E-state index in [0.29, 0.717) is 0 Å². The van der Waals surface area contributed by atoms with Gasteiger partial charge in [0.2, 0.25) is 0 Å². The largest absolute Gasteiger partial charge is 0.476 e. The number of sulfonamides is 1. The van der Waals surface area contributed by atoms with Crippen LogP contribution in [0.25, 0.3) is 0 Å². The van der Waals surface area contributed by atoms with Crippen LogP contribution < -0.4 is 0 Å². The van der Waals surface area contributed by atoms with E-state index in [1.807, 2.05) is 12.1 Å². The van der Waals surface area contributed by atoms with E-state index in [1.165, 1.54) is 12.6 Å². The first kappa shape index (κ1) is 16.1. The molecule has 0 atom stereocenters. The number of halogens is 1. The van der Waals surface area contributed by atoms with E-state index in [9.17, 15) is 13.2 Å². The molecule has 0 saturated carbocycles. The van der Waals surface area contributed by atoms with Crippen molar-refractivity contribution in [2.75, 3.05) is 7.05 Å². The molecule has 0 aliphatic heterocycles. The Bertz CT molecular complexity index is 773. The van der Waals surface area contributed by atoms with Crippen molar-refractivity contribution in [2.45, 2.75) is 10.8 Å². The second-order valence-corrected chi connectivity index (χ2v) is 8.10. The molecule has 0 spiro atoms. The van der Waals surface area contributed by atoms with Gasteiger partial charge in [-0.1, -0.05) is 34.1 Å². The summed E-state index contributed by atoms with van der Waals surface area (Å²) in [7, 11) is -2.50. The van der Waals surface area contributed by atoms with Crippen LogP contribution in [0.1, 0.15) is 16.1 Å². The first-order valence-electron chi connectivity index (χ1n) is 5.70. The zero-order chi connectivity index (χ0) is 15.6. The molecule has 6 nitrogen and oxygen atoms in total. The lowest BCUT2D eigenvalue weighted by atomic mass is 10.2. The maximum absolute atomic E-state index is 12.5. The van der Waals surface area contributed by atoms with Gasteiger partial charge in [-0.3, -0.25) is 0 Å². The molecule has 0 radical (unpaired) electrons. The van der Waals surface area contributed by atoms with Crippen LogP contribution in [0.5, 0.6) is 0 Å². The van der Waals surface area contributed by atoms with Gasteiger partial charge in [-0.25, -0.2) is 18.2 Å². The molecular formula is C12H11BrN2O4S2. The smallest absolute Gasteiger partial charge is 0.356 e. The van der Waals surface area contributed by atoms with E-state index < -0.39 is 21.7 Å². The van der Waals surface area contributed by atoms with Crippen LogP contribution in [-0.2, 0) is 16.6 Å². The van der Waals surface area contributed by atoms with E-state index in [2.05, 4.69) is 20.9 Å². The van der Waals surface area contributed by atoms with Crippen molar-refractivity contribution in [2.24, 2.45) is 0 Å². The molecule has 0 amide bonds. The van der Waals surface area contributed by atoms with Crippen LogP contribution in [0, 0.1) is 0 Å². The topological polar surface area (TPSA) is 87.6 Å². The average Bonchev–Trinajstić information content (AvgIpc) is 2.91. The highest BCUT2D eigenvalue weighted by atomic mass is 79.9. The fourth-order valence-corrected chi connectivity index (χ4v) is 4.54. The van der Waals surface area contributed by atoms with Crippen LogP contribution in [0.2, 0.25) is 0 Å². The molecule has 2 aromatic rings. The molecule has 112 valence electrons. The first-order valence-corrected chi connectivity index (χ1v) is 8.82. The normalized spacial score (nSPS) is 11.8. The van der Waals surface area contributed by atoms with Crippen LogP contribution in [0.3, 0.4) is 0 Å². The molecule has 0 aliphatic carbocycles. The Balaban J connectivity index is 2.33. The molecule has 0 bridgehead atoms. The van der Waals surface area contributed by atoms with Gasteiger partial charge >= 0.3 is 5.97 Å². The second-order valence-electron chi connectivity index (χ2n) is 4.15. The third kappa shape index (κ3) is 3.31. The standard InChI is InChI=1S/C12H11BrN2O4S2/c1-15(6-8-4-2-3-5-9(8)13)21(18,19)12-10(11(16)17)14-7-20-12/h2-5,7H,6H2,1H3,(H,16,17). The van der Waals surface area contributed by atoms with Crippen LogP contribution in [0.15, 0.2) is 38.5 Å². The van der Waals surface area contributed by atoms with E-state index in [4.69, 9.17) is 5.11 Å². The number of benzene rings is 1. The Morgan fingerprint density at radius 3 is 2.71 bits per heavy atom. The SMILES string of the molecule is CN(Cc1ccccc1Br)S(=O)(=O)c1scnc1C(=O)O. The molecule has 0 unspecified atom stereocenters. The number of hydrogen-bond acceptors (Lipinski definition) is 5. The first-order chi connectivity index (χ1) is 9.84. The van der Waals surface area contributed by atoms with Gasteiger partial charge in [0.1, 0.15) is 0 Å². The highest BCUT2D eigenvalue weighted by molar-refractivity contribution is 9.10. The monoisotopic (exact) mass is 390 g/mol. The molecule has 0 saturated heterocycles. The molecule has 0 aliphatic rings. The van der Waals surface area contributed by atoms with Crippen molar-refractivity contribution in [3.8, 4) is 0 Å². The number of rotatable bonds is 5. The van der Waals surface area contributed by atoms with Gasteiger partial charge in [-0.2, -0.15) is 4.31 Å². The van der Waals surface area contributed by atoms with Crippen LogP contribution in [0.4, 0.5) is 0 Å². The summed E-state index contributed by atoms with van der Waals surface area (Å²) in [5.41, 5.74) is 1.55. The van der Waals surface area contributed by atoms with Crippen molar-refractivity contribution in [3.05, 3.63) is 45.5 Å². The Labute approximate surface area is 134 Å². The van der Waals surface area contributed by atoms with Crippen molar-refractivity contribution in [3.63, 3.8) is 0 Å². The zero-order valence-corrected chi connectivity index (χ0v) is 14.1. The van der Waals surface area contributed by atoms with E-state index in [-0.39, 0.29) is 10.8 Å². The maximum atomic E-state index is 12.5. The fourth-order valence-electron chi connectivity index (χ4n) is 1.65. The highest BCUT2D eigenvalue weighted by Crippen LogP contribution is 2.26. The predicted octanol–water partition coefficient (Wildman–Crippen LogP) is 2.42. The van der Waals surface area contributed by atoms with Gasteiger partial charge in [0.05, 0.1) is 5.51 Å². The van der Waals surface area contributed by atoms with Gasteiger partial charge in [-0.05, 0) is 11.6 Å². The summed E-state index contributed by atoms with van der Waals surface area (Å²) in [6, 6.07) is 7.23. The third-order valence-electron chi connectivity index (χ3n) is 2.73. The Morgan fingerprint density at radius 1 is 1.43 bits per heavy atom. The van der Waals surface area contributed by atoms with Crippen molar-refractivity contribution in [1.82, 2.24) is 9.29 Å². The van der Waals surface area contributed by atoms with Crippen molar-refractivity contribution >= 4 is 43.3 Å². The molecular weight excluding hydrogens is 380 g/mol. The second kappa shape index (κ2) is 6.22. The molecule has 1 heterocycles. The van der Waals surface area contributed by atoms with E-state index >= 15 is 0 Å². The van der Waals surface area contributed by atoms with Crippen LogP contribution >= 0.6 is 27.3 Å². The number of carbonyl (C=O) groups is 1. The number of carboxylic acids is 1. The Morgan fingerprint density at radius 2 is 2.10 bits per heavy atom. The van der Waals surface area contributed by atoms with Gasteiger partial charge in [0.25, 0.3) is 10.0 Å². The third-order valence-corrected chi connectivity index (χ3v) is 6.66. The molecule has 1 N–H and O–H groups in total.